The van der Waals surface area contributed by atoms with Gasteiger partial charge in [0, 0.05) is 0 Å². The molecule has 0 aliphatic heterocycles. The molecule has 0 aromatic heterocycles. The molecule has 26 heavy (non-hydrogen) atoms. The Balaban J connectivity index is 3.47. The van der Waals surface area contributed by atoms with Gasteiger partial charge in [0.1, 0.15) is 5.75 Å². The normalized spacial score (nSPS) is 13.5. The average molecular weight is 397 g/mol. The standard InChI is InChI=1S/C14H12F9NO2/c1-3-11(13(18,19)20,14(21,22)23)10(25)24-8-6-7(12(15,16)17)4-5-9(8)26-2/h4-6H,3H2,1-2H3,(H,24,25). The lowest BCUT2D eigenvalue weighted by molar-refractivity contribution is -0.324. The average Bonchev–Trinajstić information content (AvgIpc) is 2.44. The number of anilines is 1. The van der Waals surface area contributed by atoms with Crippen LogP contribution in [0.3, 0.4) is 0 Å². The molecule has 0 spiro atoms. The van der Waals surface area contributed by atoms with Gasteiger partial charge in [-0.25, -0.2) is 0 Å². The summed E-state index contributed by atoms with van der Waals surface area (Å²) in [7, 11) is 0.916. The molecule has 0 aliphatic carbocycles. The van der Waals surface area contributed by atoms with E-state index in [0.717, 1.165) is 7.11 Å². The van der Waals surface area contributed by atoms with E-state index in [1.54, 1.807) is 0 Å². The van der Waals surface area contributed by atoms with Gasteiger partial charge in [0.25, 0.3) is 0 Å². The second kappa shape index (κ2) is 6.88. The van der Waals surface area contributed by atoms with Crippen molar-refractivity contribution in [2.24, 2.45) is 5.41 Å². The van der Waals surface area contributed by atoms with E-state index in [1.165, 1.54) is 5.32 Å². The summed E-state index contributed by atoms with van der Waals surface area (Å²) >= 11 is 0. The van der Waals surface area contributed by atoms with Gasteiger partial charge in [-0.2, -0.15) is 39.5 Å². The fourth-order valence-electron chi connectivity index (χ4n) is 2.19. The molecule has 0 fully saturated rings. The van der Waals surface area contributed by atoms with E-state index in [0.29, 0.717) is 19.1 Å². The van der Waals surface area contributed by atoms with Crippen molar-refractivity contribution in [1.82, 2.24) is 0 Å². The lowest BCUT2D eigenvalue weighted by atomic mass is 9.82. The van der Waals surface area contributed by atoms with Crippen LogP contribution in [-0.4, -0.2) is 25.4 Å². The number of amides is 1. The van der Waals surface area contributed by atoms with Crippen LogP contribution in [0.4, 0.5) is 45.2 Å². The van der Waals surface area contributed by atoms with E-state index in [2.05, 4.69) is 4.74 Å². The third kappa shape index (κ3) is 3.83. The molecule has 148 valence electrons. The number of benzene rings is 1. The molecular weight excluding hydrogens is 385 g/mol. The molecule has 12 heteroatoms. The van der Waals surface area contributed by atoms with Crippen molar-refractivity contribution in [3.63, 3.8) is 0 Å². The number of nitrogens with one attached hydrogen (secondary N) is 1. The lowest BCUT2D eigenvalue weighted by Gasteiger charge is -2.35. The highest BCUT2D eigenvalue weighted by Crippen LogP contribution is 2.53. The van der Waals surface area contributed by atoms with Gasteiger partial charge in [0.2, 0.25) is 11.3 Å². The lowest BCUT2D eigenvalue weighted by Crippen LogP contribution is -2.57. The third-order valence-corrected chi connectivity index (χ3v) is 3.66. The Morgan fingerprint density at radius 2 is 1.50 bits per heavy atom. The molecule has 0 saturated carbocycles. The number of alkyl halides is 9. The van der Waals surface area contributed by atoms with E-state index in [4.69, 9.17) is 0 Å². The third-order valence-electron chi connectivity index (χ3n) is 3.66. The molecule has 0 heterocycles. The molecule has 3 nitrogen and oxygen atoms in total. The maximum atomic E-state index is 13.1. The largest absolute Gasteiger partial charge is 0.495 e. The highest BCUT2D eigenvalue weighted by Gasteiger charge is 2.74. The quantitative estimate of drug-likeness (QED) is 0.712. The minimum absolute atomic E-state index is 0.184. The van der Waals surface area contributed by atoms with Crippen molar-refractivity contribution in [3.05, 3.63) is 23.8 Å². The first-order valence-electron chi connectivity index (χ1n) is 6.82. The zero-order valence-corrected chi connectivity index (χ0v) is 13.2. The predicted molar refractivity (Wildman–Crippen MR) is 71.5 cm³/mol. The van der Waals surface area contributed by atoms with Crippen LogP contribution >= 0.6 is 0 Å². The molecule has 1 amide bonds. The Kier molecular flexibility index (Phi) is 5.79. The molecule has 0 radical (unpaired) electrons. The van der Waals surface area contributed by atoms with E-state index >= 15 is 0 Å². The first kappa shape index (κ1) is 21.9. The van der Waals surface area contributed by atoms with Crippen LogP contribution in [-0.2, 0) is 11.0 Å². The number of carbonyl (C=O) groups is 1. The summed E-state index contributed by atoms with van der Waals surface area (Å²) in [6.07, 6.45) is -18.7. The first-order chi connectivity index (χ1) is 11.6. The minimum Gasteiger partial charge on any atom is -0.495 e. The summed E-state index contributed by atoms with van der Waals surface area (Å²) in [6, 6.07) is 1.34. The van der Waals surface area contributed by atoms with Gasteiger partial charge in [-0.1, -0.05) is 6.92 Å². The van der Waals surface area contributed by atoms with Crippen LogP contribution in [0.2, 0.25) is 0 Å². The van der Waals surface area contributed by atoms with Gasteiger partial charge in [-0.15, -0.1) is 0 Å². The monoisotopic (exact) mass is 397 g/mol. The highest BCUT2D eigenvalue weighted by molar-refractivity contribution is 5.97. The van der Waals surface area contributed by atoms with Crippen LogP contribution in [0, 0.1) is 5.41 Å². The van der Waals surface area contributed by atoms with Gasteiger partial charge in [-0.05, 0) is 24.6 Å². The number of hydrogen-bond donors (Lipinski definition) is 1. The maximum absolute atomic E-state index is 13.1. The van der Waals surface area contributed by atoms with Crippen LogP contribution in [0.5, 0.6) is 5.75 Å². The predicted octanol–water partition coefficient (Wildman–Crippen LogP) is 5.17. The molecule has 1 aromatic rings. The Hall–Kier alpha value is -2.14. The van der Waals surface area contributed by atoms with Crippen molar-refractivity contribution in [2.75, 3.05) is 12.4 Å². The number of rotatable bonds is 4. The van der Waals surface area contributed by atoms with Crippen molar-refractivity contribution < 1.29 is 49.0 Å². The number of carbonyl (C=O) groups excluding carboxylic acids is 1. The molecular formula is C14H12F9NO2. The number of ether oxygens (including phenoxy) is 1. The minimum atomic E-state index is -6.03. The number of halogens is 9. The van der Waals surface area contributed by atoms with Gasteiger partial charge in [0.15, 0.2) is 0 Å². The zero-order chi connectivity index (χ0) is 20.6. The Bertz CT molecular complexity index is 648. The second-order valence-electron chi connectivity index (χ2n) is 5.12. The Labute approximate surface area is 141 Å². The Morgan fingerprint density at radius 1 is 1.00 bits per heavy atom. The molecule has 0 saturated heterocycles. The molecule has 0 bridgehead atoms. The summed E-state index contributed by atoms with van der Waals surface area (Å²) in [5.74, 6) is -3.10. The van der Waals surface area contributed by atoms with Crippen molar-refractivity contribution in [2.45, 2.75) is 31.9 Å². The molecule has 0 unspecified atom stereocenters. The van der Waals surface area contributed by atoms with Gasteiger partial charge in [-0.3, -0.25) is 4.79 Å². The van der Waals surface area contributed by atoms with Gasteiger partial charge >= 0.3 is 18.5 Å². The molecule has 1 rings (SSSR count). The summed E-state index contributed by atoms with van der Waals surface area (Å²) in [5.41, 5.74) is -7.16. The van der Waals surface area contributed by atoms with Crippen LogP contribution in [0.15, 0.2) is 18.2 Å². The summed E-state index contributed by atoms with van der Waals surface area (Å²) in [5, 5.41) is 1.27. The van der Waals surface area contributed by atoms with Crippen LogP contribution in [0.25, 0.3) is 0 Å². The second-order valence-corrected chi connectivity index (χ2v) is 5.12. The molecule has 0 aliphatic rings. The smallest absolute Gasteiger partial charge is 0.416 e. The van der Waals surface area contributed by atoms with E-state index in [-0.39, 0.29) is 6.07 Å². The van der Waals surface area contributed by atoms with E-state index in [9.17, 15) is 44.3 Å². The topological polar surface area (TPSA) is 38.3 Å². The van der Waals surface area contributed by atoms with E-state index in [1.807, 2.05) is 0 Å². The molecule has 1 aromatic carbocycles. The number of methoxy groups -OCH3 is 1. The van der Waals surface area contributed by atoms with Crippen molar-refractivity contribution in [3.8, 4) is 5.75 Å². The van der Waals surface area contributed by atoms with Crippen molar-refractivity contribution in [1.29, 1.82) is 0 Å². The van der Waals surface area contributed by atoms with E-state index < -0.39 is 53.3 Å². The summed E-state index contributed by atoms with van der Waals surface area (Å²) < 4.78 is 121. The Morgan fingerprint density at radius 3 is 1.85 bits per heavy atom. The van der Waals surface area contributed by atoms with Crippen molar-refractivity contribution >= 4 is 11.6 Å². The summed E-state index contributed by atoms with van der Waals surface area (Å²) in [4.78, 5) is 11.9. The molecule has 1 N–H and O–H groups in total. The number of hydrogen-bond acceptors (Lipinski definition) is 2. The SMILES string of the molecule is CCC(C(=O)Nc1cc(C(F)(F)F)ccc1OC)(C(F)(F)F)C(F)(F)F. The molecule has 0 atom stereocenters. The fourth-order valence-corrected chi connectivity index (χ4v) is 2.19. The van der Waals surface area contributed by atoms with Gasteiger partial charge in [0.05, 0.1) is 18.4 Å². The highest BCUT2D eigenvalue weighted by atomic mass is 19.4. The first-order valence-corrected chi connectivity index (χ1v) is 6.82. The zero-order valence-electron chi connectivity index (χ0n) is 13.2. The van der Waals surface area contributed by atoms with Crippen LogP contribution in [0.1, 0.15) is 18.9 Å². The van der Waals surface area contributed by atoms with Crippen LogP contribution < -0.4 is 10.1 Å². The maximum Gasteiger partial charge on any atom is 0.416 e. The summed E-state index contributed by atoms with van der Waals surface area (Å²) in [6.45, 7) is 0.490. The fraction of sp³-hybridized carbons (Fsp3) is 0.500. The van der Waals surface area contributed by atoms with Gasteiger partial charge < -0.3 is 10.1 Å².